The molecule has 2 rings (SSSR count). The van der Waals surface area contributed by atoms with Gasteiger partial charge in [-0.25, -0.2) is 21.9 Å². The predicted molar refractivity (Wildman–Crippen MR) is 77.1 cm³/mol. The first-order chi connectivity index (χ1) is 10.5. The molecule has 0 amide bonds. The van der Waals surface area contributed by atoms with Crippen LogP contribution in [0.1, 0.15) is 26.2 Å². The Kier molecular flexibility index (Phi) is 4.63. The summed E-state index contributed by atoms with van der Waals surface area (Å²) in [4.78, 5) is 10.3. The van der Waals surface area contributed by atoms with Crippen LogP contribution >= 0.6 is 0 Å². The number of nitrogens with one attached hydrogen (secondary N) is 1. The van der Waals surface area contributed by atoms with Crippen LogP contribution in [-0.4, -0.2) is 37.6 Å². The van der Waals surface area contributed by atoms with Gasteiger partial charge in [-0.15, -0.1) is 0 Å². The number of aliphatic carboxylic acids is 1. The van der Waals surface area contributed by atoms with E-state index in [0.717, 1.165) is 0 Å². The highest BCUT2D eigenvalue weighted by molar-refractivity contribution is 7.89. The summed E-state index contributed by atoms with van der Waals surface area (Å²) in [6.45, 7) is 1.40. The Bertz CT molecular complexity index is 680. The first kappa shape index (κ1) is 17.6. The number of ether oxygens (including phenoxy) is 1. The van der Waals surface area contributed by atoms with Crippen molar-refractivity contribution < 1.29 is 31.8 Å². The molecule has 0 heterocycles. The molecule has 9 heteroatoms. The zero-order valence-corrected chi connectivity index (χ0v) is 13.2. The van der Waals surface area contributed by atoms with Gasteiger partial charge in [0, 0.05) is 18.4 Å². The number of rotatable bonds is 7. The van der Waals surface area contributed by atoms with E-state index in [4.69, 9.17) is 9.84 Å². The summed E-state index contributed by atoms with van der Waals surface area (Å²) in [6.07, 6.45) is -1.24. The normalized spacial score (nSPS) is 18.9. The van der Waals surface area contributed by atoms with Crippen molar-refractivity contribution in [3.8, 4) is 5.75 Å². The Balaban J connectivity index is 1.99. The van der Waals surface area contributed by atoms with E-state index in [2.05, 4.69) is 4.72 Å². The van der Waals surface area contributed by atoms with Gasteiger partial charge < -0.3 is 9.84 Å². The number of carbonyl (C=O) groups is 1. The van der Waals surface area contributed by atoms with Crippen LogP contribution in [0.3, 0.4) is 0 Å². The predicted octanol–water partition coefficient (Wildman–Crippen LogP) is 2.01. The first-order valence-electron chi connectivity index (χ1n) is 6.88. The number of alkyl halides is 2. The van der Waals surface area contributed by atoms with Gasteiger partial charge in [0.25, 0.3) is 5.92 Å². The second-order valence-electron chi connectivity index (χ2n) is 5.84. The fraction of sp³-hybridized carbons (Fsp3) is 0.500. The minimum Gasteiger partial charge on any atom is -0.493 e. The van der Waals surface area contributed by atoms with Crippen molar-refractivity contribution in [3.63, 3.8) is 0 Å². The summed E-state index contributed by atoms with van der Waals surface area (Å²) in [5.41, 5.74) is -1.15. The molecular formula is C14H17F2NO5S. The van der Waals surface area contributed by atoms with Gasteiger partial charge >= 0.3 is 5.97 Å². The van der Waals surface area contributed by atoms with Gasteiger partial charge in [0.05, 0.1) is 17.9 Å². The van der Waals surface area contributed by atoms with E-state index in [1.807, 2.05) is 0 Å². The van der Waals surface area contributed by atoms with E-state index in [1.165, 1.54) is 31.2 Å². The number of hydrogen-bond donors (Lipinski definition) is 2. The molecule has 0 unspecified atom stereocenters. The third-order valence-electron chi connectivity index (χ3n) is 3.40. The summed E-state index contributed by atoms with van der Waals surface area (Å²) in [5.74, 6) is -3.51. The van der Waals surface area contributed by atoms with Crippen molar-refractivity contribution in [1.29, 1.82) is 0 Å². The lowest BCUT2D eigenvalue weighted by molar-refractivity contribution is -0.137. The number of hydrogen-bond acceptors (Lipinski definition) is 4. The fourth-order valence-electron chi connectivity index (χ4n) is 2.52. The van der Waals surface area contributed by atoms with Crippen LogP contribution in [0.15, 0.2) is 29.2 Å². The van der Waals surface area contributed by atoms with Crippen molar-refractivity contribution >= 4 is 16.0 Å². The van der Waals surface area contributed by atoms with E-state index < -0.39 is 40.3 Å². The molecule has 2 N–H and O–H groups in total. The zero-order chi connectivity index (χ0) is 17.3. The molecule has 1 fully saturated rings. The number of sulfonamides is 1. The topological polar surface area (TPSA) is 92.7 Å². The molecule has 1 aromatic carbocycles. The average Bonchev–Trinajstić information content (AvgIpc) is 2.35. The highest BCUT2D eigenvalue weighted by Gasteiger charge is 2.55. The molecule has 1 aromatic rings. The SMILES string of the molecule is CC1(NS(=O)(=O)c2ccc(OCCC(=O)O)cc2)CC(F)(F)C1. The van der Waals surface area contributed by atoms with E-state index in [0.29, 0.717) is 5.75 Å². The maximum atomic E-state index is 12.9. The molecule has 0 spiro atoms. The number of carboxylic acid groups (broad SMARTS) is 1. The molecule has 23 heavy (non-hydrogen) atoms. The fourth-order valence-corrected chi connectivity index (χ4v) is 3.92. The third kappa shape index (κ3) is 4.61. The first-order valence-corrected chi connectivity index (χ1v) is 8.36. The van der Waals surface area contributed by atoms with Crippen LogP contribution in [0.4, 0.5) is 8.78 Å². The van der Waals surface area contributed by atoms with Gasteiger partial charge in [0.15, 0.2) is 0 Å². The van der Waals surface area contributed by atoms with E-state index in [-0.39, 0.29) is 17.9 Å². The van der Waals surface area contributed by atoms with Crippen LogP contribution < -0.4 is 9.46 Å². The molecule has 1 aliphatic rings. The van der Waals surface area contributed by atoms with Crippen molar-refractivity contribution in [3.05, 3.63) is 24.3 Å². The minimum atomic E-state index is -3.91. The van der Waals surface area contributed by atoms with Crippen LogP contribution in [0, 0.1) is 0 Å². The third-order valence-corrected chi connectivity index (χ3v) is 5.05. The van der Waals surface area contributed by atoms with Gasteiger partial charge in [-0.05, 0) is 31.2 Å². The molecule has 0 saturated heterocycles. The van der Waals surface area contributed by atoms with E-state index in [1.54, 1.807) is 0 Å². The monoisotopic (exact) mass is 349 g/mol. The van der Waals surface area contributed by atoms with Gasteiger partial charge in [0.2, 0.25) is 10.0 Å². The molecule has 0 atom stereocenters. The van der Waals surface area contributed by atoms with Gasteiger partial charge in [0.1, 0.15) is 5.75 Å². The Morgan fingerprint density at radius 3 is 2.35 bits per heavy atom. The van der Waals surface area contributed by atoms with Crippen LogP contribution in [0.25, 0.3) is 0 Å². The van der Waals surface area contributed by atoms with Crippen LogP contribution in [-0.2, 0) is 14.8 Å². The molecular weight excluding hydrogens is 332 g/mol. The van der Waals surface area contributed by atoms with Crippen molar-refractivity contribution in [1.82, 2.24) is 4.72 Å². The highest BCUT2D eigenvalue weighted by atomic mass is 32.2. The highest BCUT2D eigenvalue weighted by Crippen LogP contribution is 2.45. The van der Waals surface area contributed by atoms with Gasteiger partial charge in [-0.1, -0.05) is 0 Å². The Hall–Kier alpha value is -1.74. The van der Waals surface area contributed by atoms with Gasteiger partial charge in [-0.2, -0.15) is 0 Å². The second-order valence-corrected chi connectivity index (χ2v) is 7.52. The molecule has 0 radical (unpaired) electrons. The molecule has 128 valence electrons. The smallest absolute Gasteiger partial charge is 0.306 e. The Labute approximate surface area is 132 Å². The minimum absolute atomic E-state index is 0.0349. The quantitative estimate of drug-likeness (QED) is 0.785. The maximum Gasteiger partial charge on any atom is 0.306 e. The summed E-state index contributed by atoms with van der Waals surface area (Å²) < 4.78 is 57.7. The average molecular weight is 349 g/mol. The Morgan fingerprint density at radius 2 is 1.87 bits per heavy atom. The van der Waals surface area contributed by atoms with Crippen molar-refractivity contribution in [2.75, 3.05) is 6.61 Å². The number of halogens is 2. The van der Waals surface area contributed by atoms with E-state index >= 15 is 0 Å². The zero-order valence-electron chi connectivity index (χ0n) is 12.4. The van der Waals surface area contributed by atoms with Crippen LogP contribution in [0.2, 0.25) is 0 Å². The summed E-state index contributed by atoms with van der Waals surface area (Å²) in [7, 11) is -3.91. The van der Waals surface area contributed by atoms with Crippen LogP contribution in [0.5, 0.6) is 5.75 Å². The molecule has 6 nitrogen and oxygen atoms in total. The molecule has 0 aliphatic heterocycles. The van der Waals surface area contributed by atoms with Crippen molar-refractivity contribution in [2.24, 2.45) is 0 Å². The lowest BCUT2D eigenvalue weighted by Gasteiger charge is -2.44. The summed E-state index contributed by atoms with van der Waals surface area (Å²) >= 11 is 0. The summed E-state index contributed by atoms with van der Waals surface area (Å²) in [5, 5.41) is 8.50. The standard InChI is InChI=1S/C14H17F2NO5S/c1-13(8-14(15,16)9-13)17-23(20,21)11-4-2-10(3-5-11)22-7-6-12(18)19/h2-5,17H,6-9H2,1H3,(H,18,19). The lowest BCUT2D eigenvalue weighted by Crippen LogP contribution is -2.60. The van der Waals surface area contributed by atoms with Gasteiger partial charge in [-0.3, -0.25) is 4.79 Å². The molecule has 0 aromatic heterocycles. The second kappa shape index (κ2) is 6.04. The number of benzene rings is 1. The lowest BCUT2D eigenvalue weighted by atomic mass is 9.76. The molecule has 1 aliphatic carbocycles. The molecule has 1 saturated carbocycles. The van der Waals surface area contributed by atoms with E-state index in [9.17, 15) is 22.0 Å². The summed E-state index contributed by atoms with van der Waals surface area (Å²) in [6, 6.07) is 5.32. The maximum absolute atomic E-state index is 12.9. The molecule has 0 bridgehead atoms. The van der Waals surface area contributed by atoms with Crippen molar-refractivity contribution in [2.45, 2.75) is 42.5 Å². The largest absolute Gasteiger partial charge is 0.493 e. The Morgan fingerprint density at radius 1 is 1.30 bits per heavy atom. The number of carboxylic acids is 1.